The lowest BCUT2D eigenvalue weighted by atomic mass is 9.94. The van der Waals surface area contributed by atoms with Gasteiger partial charge in [-0.15, -0.1) is 0 Å². The van der Waals surface area contributed by atoms with Crippen LogP contribution in [0.2, 0.25) is 0 Å². The van der Waals surface area contributed by atoms with E-state index in [0.717, 1.165) is 19.3 Å². The SMILES string of the molecule is COc1ccc(NC(=O)C(=O)NC[C@@H]2C[C@H]3C=C[C@H]2C3)cc1N1CCCCS1(=O)=O. The Balaban J connectivity index is 1.41. The molecule has 2 amide bonds. The molecule has 3 aliphatic rings. The van der Waals surface area contributed by atoms with E-state index >= 15 is 0 Å². The summed E-state index contributed by atoms with van der Waals surface area (Å²) in [6.45, 7) is 0.840. The number of carbonyl (C=O) groups excluding carboxylic acids is 2. The standard InChI is InChI=1S/C21H27N3O5S/c1-29-19-7-6-17(12-18(19)24-8-2-3-9-30(24,27)28)23-21(26)20(25)22-13-16-11-14-4-5-15(16)10-14/h4-7,12,14-16H,2-3,8-11,13H2,1H3,(H,22,25)(H,23,26)/t14-,15-,16-/m0/s1. The van der Waals surface area contributed by atoms with Crippen LogP contribution in [0.25, 0.3) is 0 Å². The number of nitrogens with zero attached hydrogens (tertiary/aromatic N) is 1. The van der Waals surface area contributed by atoms with E-state index < -0.39 is 21.8 Å². The highest BCUT2D eigenvalue weighted by molar-refractivity contribution is 7.92. The third-order valence-electron chi connectivity index (χ3n) is 6.20. The molecular formula is C21H27N3O5S. The van der Waals surface area contributed by atoms with Gasteiger partial charge in [-0.3, -0.25) is 13.9 Å². The first-order valence-corrected chi connectivity index (χ1v) is 11.9. The molecule has 2 bridgehead atoms. The molecular weight excluding hydrogens is 406 g/mol. The molecule has 1 aromatic rings. The molecule has 162 valence electrons. The summed E-state index contributed by atoms with van der Waals surface area (Å²) >= 11 is 0. The Labute approximate surface area is 176 Å². The van der Waals surface area contributed by atoms with Gasteiger partial charge in [-0.1, -0.05) is 12.2 Å². The average molecular weight is 434 g/mol. The molecule has 2 fully saturated rings. The maximum absolute atomic E-state index is 12.5. The van der Waals surface area contributed by atoms with Gasteiger partial charge in [-0.05, 0) is 61.6 Å². The second kappa shape index (κ2) is 8.29. The number of nitrogens with one attached hydrogen (secondary N) is 2. The zero-order valence-corrected chi connectivity index (χ0v) is 17.8. The second-order valence-electron chi connectivity index (χ2n) is 8.19. The molecule has 1 heterocycles. The van der Waals surface area contributed by atoms with Crippen LogP contribution >= 0.6 is 0 Å². The zero-order chi connectivity index (χ0) is 21.3. The van der Waals surface area contributed by atoms with Crippen LogP contribution in [0.1, 0.15) is 25.7 Å². The smallest absolute Gasteiger partial charge is 0.313 e. The van der Waals surface area contributed by atoms with E-state index in [-0.39, 0.29) is 5.75 Å². The lowest BCUT2D eigenvalue weighted by Gasteiger charge is -2.29. The second-order valence-corrected chi connectivity index (χ2v) is 10.2. The number of carbonyl (C=O) groups is 2. The Morgan fingerprint density at radius 2 is 2.00 bits per heavy atom. The lowest BCUT2D eigenvalue weighted by Crippen LogP contribution is -2.39. The summed E-state index contributed by atoms with van der Waals surface area (Å²) < 4.78 is 31.6. The number of rotatable bonds is 5. The van der Waals surface area contributed by atoms with E-state index in [0.29, 0.717) is 54.4 Å². The summed E-state index contributed by atoms with van der Waals surface area (Å²) in [6.07, 6.45) is 8.00. The molecule has 1 aliphatic heterocycles. The van der Waals surface area contributed by atoms with Gasteiger partial charge in [0.05, 0.1) is 18.6 Å². The maximum atomic E-state index is 12.5. The van der Waals surface area contributed by atoms with Crippen LogP contribution in [-0.4, -0.2) is 46.2 Å². The molecule has 9 heteroatoms. The van der Waals surface area contributed by atoms with Gasteiger partial charge < -0.3 is 15.4 Å². The van der Waals surface area contributed by atoms with Crippen molar-refractivity contribution in [3.63, 3.8) is 0 Å². The minimum absolute atomic E-state index is 0.0767. The molecule has 30 heavy (non-hydrogen) atoms. The van der Waals surface area contributed by atoms with E-state index in [2.05, 4.69) is 22.8 Å². The Morgan fingerprint density at radius 1 is 1.17 bits per heavy atom. The first-order chi connectivity index (χ1) is 14.4. The third kappa shape index (κ3) is 4.16. The summed E-state index contributed by atoms with van der Waals surface area (Å²) in [5, 5.41) is 5.29. The Morgan fingerprint density at radius 3 is 2.67 bits per heavy atom. The minimum atomic E-state index is -3.44. The van der Waals surface area contributed by atoms with Crippen molar-refractivity contribution in [3.05, 3.63) is 30.4 Å². The molecule has 0 radical (unpaired) electrons. The molecule has 3 atom stereocenters. The number of ether oxygens (including phenoxy) is 1. The average Bonchev–Trinajstić information content (AvgIpc) is 3.35. The topological polar surface area (TPSA) is 105 Å². The highest BCUT2D eigenvalue weighted by Crippen LogP contribution is 2.43. The van der Waals surface area contributed by atoms with E-state index in [4.69, 9.17) is 4.74 Å². The van der Waals surface area contributed by atoms with E-state index in [9.17, 15) is 18.0 Å². The molecule has 2 aliphatic carbocycles. The monoisotopic (exact) mass is 433 g/mol. The predicted molar refractivity (Wildman–Crippen MR) is 114 cm³/mol. The number of fused-ring (bicyclic) bond motifs is 2. The molecule has 1 aromatic carbocycles. The number of hydrogen-bond donors (Lipinski definition) is 2. The van der Waals surface area contributed by atoms with Gasteiger partial charge in [0, 0.05) is 18.8 Å². The number of benzene rings is 1. The summed E-state index contributed by atoms with van der Waals surface area (Å²) in [6, 6.07) is 4.72. The fraction of sp³-hybridized carbons (Fsp3) is 0.524. The van der Waals surface area contributed by atoms with Crippen LogP contribution in [0, 0.1) is 17.8 Å². The highest BCUT2D eigenvalue weighted by Gasteiger charge is 2.35. The van der Waals surface area contributed by atoms with Crippen molar-refractivity contribution in [1.82, 2.24) is 5.32 Å². The normalized spacial score (nSPS) is 26.4. The number of methoxy groups -OCH3 is 1. The predicted octanol–water partition coefficient (Wildman–Crippen LogP) is 1.89. The van der Waals surface area contributed by atoms with Crippen LogP contribution < -0.4 is 19.7 Å². The van der Waals surface area contributed by atoms with Gasteiger partial charge in [0.15, 0.2) is 0 Å². The van der Waals surface area contributed by atoms with E-state index in [1.165, 1.54) is 17.5 Å². The molecule has 0 aromatic heterocycles. The summed E-state index contributed by atoms with van der Waals surface area (Å²) in [4.78, 5) is 24.6. The molecule has 0 spiro atoms. The summed E-state index contributed by atoms with van der Waals surface area (Å²) in [5.41, 5.74) is 0.707. The quantitative estimate of drug-likeness (QED) is 0.545. The van der Waals surface area contributed by atoms with Gasteiger partial charge in [0.2, 0.25) is 10.0 Å². The van der Waals surface area contributed by atoms with Crippen LogP contribution in [-0.2, 0) is 19.6 Å². The Bertz CT molecular complexity index is 975. The van der Waals surface area contributed by atoms with Gasteiger partial charge in [0.25, 0.3) is 0 Å². The minimum Gasteiger partial charge on any atom is -0.495 e. The highest BCUT2D eigenvalue weighted by atomic mass is 32.2. The van der Waals surface area contributed by atoms with Crippen molar-refractivity contribution >= 4 is 33.2 Å². The van der Waals surface area contributed by atoms with Crippen molar-refractivity contribution < 1.29 is 22.7 Å². The lowest BCUT2D eigenvalue weighted by molar-refractivity contribution is -0.136. The van der Waals surface area contributed by atoms with E-state index in [1.807, 2.05) is 0 Å². The van der Waals surface area contributed by atoms with Crippen LogP contribution in [0.3, 0.4) is 0 Å². The Hall–Kier alpha value is -2.55. The molecule has 0 unspecified atom stereocenters. The zero-order valence-electron chi connectivity index (χ0n) is 17.0. The van der Waals surface area contributed by atoms with E-state index in [1.54, 1.807) is 12.1 Å². The van der Waals surface area contributed by atoms with Gasteiger partial charge >= 0.3 is 11.8 Å². The number of anilines is 2. The molecule has 1 saturated heterocycles. The fourth-order valence-corrected chi connectivity index (χ4v) is 6.28. The van der Waals surface area contributed by atoms with Crippen molar-refractivity contribution in [2.45, 2.75) is 25.7 Å². The third-order valence-corrected chi connectivity index (χ3v) is 8.06. The molecule has 2 N–H and O–H groups in total. The number of amides is 2. The first kappa shape index (κ1) is 20.7. The van der Waals surface area contributed by atoms with Crippen molar-refractivity contribution in [1.29, 1.82) is 0 Å². The number of hydrogen-bond acceptors (Lipinski definition) is 5. The van der Waals surface area contributed by atoms with Gasteiger partial charge in [0.1, 0.15) is 5.75 Å². The van der Waals surface area contributed by atoms with Gasteiger partial charge in [-0.2, -0.15) is 0 Å². The van der Waals surface area contributed by atoms with Crippen LogP contribution in [0.15, 0.2) is 30.4 Å². The maximum Gasteiger partial charge on any atom is 0.313 e. The van der Waals surface area contributed by atoms with Crippen LogP contribution in [0.5, 0.6) is 5.75 Å². The molecule has 4 rings (SSSR count). The van der Waals surface area contributed by atoms with Crippen molar-refractivity contribution in [2.24, 2.45) is 17.8 Å². The summed E-state index contributed by atoms with van der Waals surface area (Å²) in [7, 11) is -1.97. The number of allylic oxidation sites excluding steroid dienone is 2. The van der Waals surface area contributed by atoms with Crippen LogP contribution in [0.4, 0.5) is 11.4 Å². The Kier molecular flexibility index (Phi) is 5.73. The first-order valence-electron chi connectivity index (χ1n) is 10.3. The number of sulfonamides is 1. The molecule has 1 saturated carbocycles. The van der Waals surface area contributed by atoms with Crippen molar-refractivity contribution in [3.8, 4) is 5.75 Å². The summed E-state index contributed by atoms with van der Waals surface area (Å²) in [5.74, 6) is 0.494. The van der Waals surface area contributed by atoms with Gasteiger partial charge in [-0.25, -0.2) is 8.42 Å². The fourth-order valence-electron chi connectivity index (χ4n) is 4.64. The van der Waals surface area contributed by atoms with Crippen molar-refractivity contribution in [2.75, 3.05) is 35.6 Å². The molecule has 8 nitrogen and oxygen atoms in total. The largest absolute Gasteiger partial charge is 0.495 e.